The molecule has 0 aliphatic rings. The molecule has 0 aliphatic heterocycles. The number of hydrogen-bond acceptors (Lipinski definition) is 0. The second-order valence-electron chi connectivity index (χ2n) is 0. The Bertz CT molecular complexity index is 8.00. The van der Waals surface area contributed by atoms with E-state index < -0.39 is 0 Å². The Hall–Kier alpha value is 2.76. The fraction of sp³-hybridized carbons (Fsp3) is 0. The van der Waals surface area contributed by atoms with Crippen LogP contribution in [0.5, 0.6) is 0 Å². The molecule has 0 saturated heterocycles. The molecule has 0 nitrogen and oxygen atoms in total. The normalized spacial score (nSPS) is 0. The molecule has 0 amide bonds. The first kappa shape index (κ1) is 29.4. The number of hydrogen-bond donors (Lipinski definition) is 0. The van der Waals surface area contributed by atoms with Crippen LogP contribution in [0.3, 0.4) is 0 Å². The van der Waals surface area contributed by atoms with E-state index in [0.29, 0.717) is 0 Å². The van der Waals surface area contributed by atoms with Gasteiger partial charge in [-0.3, -0.25) is 0 Å². The molecule has 4 heavy (non-hydrogen) atoms. The molecule has 22 valence electrons. The van der Waals surface area contributed by atoms with E-state index >= 15 is 0 Å². The molecule has 0 aliphatic carbocycles. The van der Waals surface area contributed by atoms with Crippen LogP contribution in [0, 0.1) is 0 Å². The van der Waals surface area contributed by atoms with Crippen LogP contribution in [0.1, 0.15) is 0 Å². The predicted molar refractivity (Wildman–Crippen MR) is 11.5 cm³/mol. The Labute approximate surface area is 83.5 Å². The van der Waals surface area contributed by atoms with E-state index in [9.17, 15) is 0 Å². The first-order chi connectivity index (χ1) is 0. The summed E-state index contributed by atoms with van der Waals surface area (Å²) in [5, 5.41) is 0. The van der Waals surface area contributed by atoms with Gasteiger partial charge in [0.15, 0.2) is 0 Å². The summed E-state index contributed by atoms with van der Waals surface area (Å²) in [5.41, 5.74) is 0. The maximum absolute atomic E-state index is 0. The molecule has 0 aromatic rings. The van der Waals surface area contributed by atoms with Gasteiger partial charge in [-0.1, -0.05) is 0 Å². The molecule has 0 N–H and O–H groups in total. The Morgan fingerprint density at radius 1 is 1.00 bits per heavy atom. The summed E-state index contributed by atoms with van der Waals surface area (Å²) in [6.07, 6.45) is 0. The quantitative estimate of drug-likeness (QED) is 0.492. The predicted octanol–water partition coefficient (Wildman–Crippen LogP) is -0.767. The minimum Gasteiger partial charge on any atom is 0 e. The molecule has 0 bridgehead atoms. The van der Waals surface area contributed by atoms with Crippen LogP contribution in [0.4, 0.5) is 0 Å². The summed E-state index contributed by atoms with van der Waals surface area (Å²) in [4.78, 5) is 0. The Morgan fingerprint density at radius 3 is 1.00 bits per heavy atom. The molecule has 0 heterocycles. The summed E-state index contributed by atoms with van der Waals surface area (Å²) in [6.45, 7) is 0. The second kappa shape index (κ2) is 17.1. The van der Waals surface area contributed by atoms with Crippen molar-refractivity contribution in [3.8, 4) is 0 Å². The van der Waals surface area contributed by atoms with Gasteiger partial charge in [0.2, 0.25) is 0 Å². The second-order valence-corrected chi connectivity index (χ2v) is 0. The van der Waals surface area contributed by atoms with Gasteiger partial charge in [0.05, 0.1) is 0 Å². The van der Waals surface area contributed by atoms with Crippen LogP contribution in [0.15, 0.2) is 0 Å². The van der Waals surface area contributed by atoms with E-state index in [1.54, 1.807) is 0 Å². The van der Waals surface area contributed by atoms with Crippen molar-refractivity contribution in [1.29, 1.82) is 0 Å². The summed E-state index contributed by atoms with van der Waals surface area (Å²) < 4.78 is 0. The number of rotatable bonds is 0. The molecule has 0 spiro atoms. The van der Waals surface area contributed by atoms with Crippen LogP contribution < -0.4 is 0 Å². The SMILES string of the molecule is [Cu].[Sb].[Sn].[Zn]. The molecule has 0 atom stereocenters. The Kier molecular flexibility index (Phi) is 126. The summed E-state index contributed by atoms with van der Waals surface area (Å²) in [5.74, 6) is 0. The van der Waals surface area contributed by atoms with Crippen molar-refractivity contribution in [3.63, 3.8) is 0 Å². The van der Waals surface area contributed by atoms with Crippen molar-refractivity contribution in [2.45, 2.75) is 0 Å². The molecule has 0 aromatic heterocycles. The third kappa shape index (κ3) is 8.83. The fourth-order valence-electron chi connectivity index (χ4n) is 0. The molecule has 0 unspecified atom stereocenters. The molecule has 4 heteroatoms. The smallest absolute Gasteiger partial charge is 0 e. The third-order valence-electron chi connectivity index (χ3n) is 0. The van der Waals surface area contributed by atoms with Gasteiger partial charge in [-0.15, -0.1) is 0 Å². The minimum atomic E-state index is 0. The molecular formula is CuSbSnZn. The van der Waals surface area contributed by atoms with Crippen LogP contribution in [-0.4, -0.2) is 48.3 Å². The molecule has 8 radical (unpaired) electrons. The Balaban J connectivity index is 0. The first-order valence-corrected chi connectivity index (χ1v) is 0. The van der Waals surface area contributed by atoms with Gasteiger partial charge >= 0.3 is 0 Å². The fourth-order valence-corrected chi connectivity index (χ4v) is 0. The van der Waals surface area contributed by atoms with Crippen LogP contribution >= 0.6 is 0 Å². The largest absolute Gasteiger partial charge is 0 e. The minimum absolute atomic E-state index is 0. The zero-order chi connectivity index (χ0) is 0. The van der Waals surface area contributed by atoms with Crippen molar-refractivity contribution in [1.82, 2.24) is 0 Å². The summed E-state index contributed by atoms with van der Waals surface area (Å²) >= 11 is 0. The molecular weight excluding hydrogens is 369 g/mol. The van der Waals surface area contributed by atoms with E-state index in [1.165, 1.54) is 0 Å². The third-order valence-corrected chi connectivity index (χ3v) is 0. The van der Waals surface area contributed by atoms with E-state index in [4.69, 9.17) is 0 Å². The van der Waals surface area contributed by atoms with Crippen molar-refractivity contribution < 1.29 is 36.5 Å². The average molecular weight is 369 g/mol. The molecule has 0 rings (SSSR count). The first-order valence-electron chi connectivity index (χ1n) is 0. The van der Waals surface area contributed by atoms with Gasteiger partial charge in [0.1, 0.15) is 0 Å². The molecule has 0 aromatic carbocycles. The van der Waals surface area contributed by atoms with Gasteiger partial charge < -0.3 is 0 Å². The van der Waals surface area contributed by atoms with E-state index in [2.05, 4.69) is 0 Å². The van der Waals surface area contributed by atoms with Crippen molar-refractivity contribution >= 4 is 48.3 Å². The van der Waals surface area contributed by atoms with E-state index in [1.807, 2.05) is 0 Å². The van der Waals surface area contributed by atoms with Crippen LogP contribution in [0.25, 0.3) is 0 Å². The Morgan fingerprint density at radius 2 is 1.00 bits per heavy atom. The zero-order valence-electron chi connectivity index (χ0n) is 1.96. The molecule has 0 fully saturated rings. The van der Waals surface area contributed by atoms with Gasteiger partial charge in [0.25, 0.3) is 0 Å². The van der Waals surface area contributed by atoms with E-state index in [-0.39, 0.29) is 84.9 Å². The maximum atomic E-state index is 0. The van der Waals surface area contributed by atoms with Gasteiger partial charge in [-0.2, -0.15) is 0 Å². The topological polar surface area (TPSA) is 0 Å². The summed E-state index contributed by atoms with van der Waals surface area (Å²) in [7, 11) is 0. The van der Waals surface area contributed by atoms with Gasteiger partial charge in [-0.25, -0.2) is 0 Å². The summed E-state index contributed by atoms with van der Waals surface area (Å²) in [6, 6.07) is 0. The maximum Gasteiger partial charge on any atom is 0 e. The average Bonchev–Trinajstić information content (AvgIpc) is 0. The van der Waals surface area contributed by atoms with Crippen molar-refractivity contribution in [2.24, 2.45) is 0 Å². The van der Waals surface area contributed by atoms with Gasteiger partial charge in [0, 0.05) is 84.9 Å². The molecule has 0 saturated carbocycles. The zero-order valence-corrected chi connectivity index (χ0v) is 11.3. The van der Waals surface area contributed by atoms with Crippen molar-refractivity contribution in [2.75, 3.05) is 0 Å². The standard InChI is InChI=1S/Cu.Sb.Sn.Zn. The van der Waals surface area contributed by atoms with E-state index in [0.717, 1.165) is 0 Å². The van der Waals surface area contributed by atoms with Crippen LogP contribution in [0.2, 0.25) is 0 Å². The van der Waals surface area contributed by atoms with Crippen LogP contribution in [-0.2, 0) is 36.5 Å². The van der Waals surface area contributed by atoms with Crippen molar-refractivity contribution in [3.05, 3.63) is 0 Å². The van der Waals surface area contributed by atoms with Gasteiger partial charge in [-0.05, 0) is 0 Å². The monoisotopic (exact) mass is 368 g/mol.